The summed E-state index contributed by atoms with van der Waals surface area (Å²) >= 11 is 1.42. The lowest BCUT2D eigenvalue weighted by Crippen LogP contribution is -2.55. The van der Waals surface area contributed by atoms with E-state index in [0.29, 0.717) is 18.1 Å². The minimum absolute atomic E-state index is 0.125. The first-order valence-corrected chi connectivity index (χ1v) is 8.73. The molecule has 7 heteroatoms. The van der Waals surface area contributed by atoms with Crippen molar-refractivity contribution < 1.29 is 13.2 Å². The SMILES string of the molecule is CCCNC(C)(CSCCS(C)(=O)=O)C(N)=O. The number of carbonyl (C=O) groups is 1. The van der Waals surface area contributed by atoms with Gasteiger partial charge in [-0.3, -0.25) is 4.79 Å². The van der Waals surface area contributed by atoms with Gasteiger partial charge in [0.1, 0.15) is 15.4 Å². The number of thioether (sulfide) groups is 1. The van der Waals surface area contributed by atoms with Crippen LogP contribution >= 0.6 is 11.8 Å². The minimum atomic E-state index is -2.94. The summed E-state index contributed by atoms with van der Waals surface area (Å²) in [5.41, 5.74) is 4.58. The van der Waals surface area contributed by atoms with Gasteiger partial charge in [0.15, 0.2) is 0 Å². The van der Waals surface area contributed by atoms with Crippen LogP contribution in [0.3, 0.4) is 0 Å². The minimum Gasteiger partial charge on any atom is -0.368 e. The van der Waals surface area contributed by atoms with E-state index in [2.05, 4.69) is 5.32 Å². The molecule has 0 aliphatic carbocycles. The second-order valence-electron chi connectivity index (χ2n) is 4.31. The Morgan fingerprint density at radius 2 is 2.06 bits per heavy atom. The van der Waals surface area contributed by atoms with Crippen molar-refractivity contribution in [1.82, 2.24) is 5.32 Å². The highest BCUT2D eigenvalue weighted by Crippen LogP contribution is 2.13. The van der Waals surface area contributed by atoms with Crippen molar-refractivity contribution in [3.63, 3.8) is 0 Å². The molecule has 0 aromatic rings. The van der Waals surface area contributed by atoms with E-state index in [9.17, 15) is 13.2 Å². The molecule has 1 unspecified atom stereocenters. The van der Waals surface area contributed by atoms with Crippen molar-refractivity contribution in [1.29, 1.82) is 0 Å². The van der Waals surface area contributed by atoms with Gasteiger partial charge in [0, 0.05) is 17.8 Å². The number of sulfone groups is 1. The Bertz CT molecular complexity index is 343. The summed E-state index contributed by atoms with van der Waals surface area (Å²) in [7, 11) is -2.94. The van der Waals surface area contributed by atoms with Crippen molar-refractivity contribution in [3.05, 3.63) is 0 Å². The Labute approximate surface area is 108 Å². The van der Waals surface area contributed by atoms with Gasteiger partial charge < -0.3 is 11.1 Å². The van der Waals surface area contributed by atoms with Crippen molar-refractivity contribution in [3.8, 4) is 0 Å². The normalized spacial score (nSPS) is 15.5. The van der Waals surface area contributed by atoms with Crippen LogP contribution in [0, 0.1) is 0 Å². The number of hydrogen-bond acceptors (Lipinski definition) is 5. The van der Waals surface area contributed by atoms with Crippen LogP contribution in [0.15, 0.2) is 0 Å². The van der Waals surface area contributed by atoms with Crippen molar-refractivity contribution in [2.24, 2.45) is 5.73 Å². The first kappa shape index (κ1) is 16.7. The van der Waals surface area contributed by atoms with E-state index in [1.165, 1.54) is 18.0 Å². The molecule has 0 saturated heterocycles. The molecule has 0 spiro atoms. The van der Waals surface area contributed by atoms with E-state index < -0.39 is 21.3 Å². The van der Waals surface area contributed by atoms with Crippen LogP contribution in [0.2, 0.25) is 0 Å². The summed E-state index contributed by atoms with van der Waals surface area (Å²) in [6, 6.07) is 0. The molecule has 102 valence electrons. The van der Waals surface area contributed by atoms with Gasteiger partial charge in [-0.1, -0.05) is 6.92 Å². The average molecular weight is 282 g/mol. The van der Waals surface area contributed by atoms with Crippen LogP contribution in [-0.2, 0) is 14.6 Å². The molecule has 1 atom stereocenters. The maximum absolute atomic E-state index is 11.3. The highest BCUT2D eigenvalue weighted by atomic mass is 32.2. The topological polar surface area (TPSA) is 89.3 Å². The Kier molecular flexibility index (Phi) is 7.11. The third-order valence-electron chi connectivity index (χ3n) is 2.30. The fourth-order valence-electron chi connectivity index (χ4n) is 1.10. The highest BCUT2D eigenvalue weighted by Gasteiger charge is 2.29. The molecule has 0 aliphatic heterocycles. The summed E-state index contributed by atoms with van der Waals surface area (Å²) in [6.07, 6.45) is 2.12. The van der Waals surface area contributed by atoms with E-state index in [1.54, 1.807) is 6.92 Å². The van der Waals surface area contributed by atoms with Crippen LogP contribution in [-0.4, -0.2) is 49.9 Å². The third-order valence-corrected chi connectivity index (χ3v) is 4.78. The van der Waals surface area contributed by atoms with Crippen LogP contribution in [0.25, 0.3) is 0 Å². The highest BCUT2D eigenvalue weighted by molar-refractivity contribution is 8.00. The number of carbonyl (C=O) groups excluding carboxylic acids is 1. The molecule has 5 nitrogen and oxygen atoms in total. The van der Waals surface area contributed by atoms with Gasteiger partial charge in [0.25, 0.3) is 0 Å². The van der Waals surface area contributed by atoms with E-state index in [0.717, 1.165) is 6.42 Å². The van der Waals surface area contributed by atoms with E-state index in [1.807, 2.05) is 6.92 Å². The summed E-state index contributed by atoms with van der Waals surface area (Å²) in [4.78, 5) is 11.3. The summed E-state index contributed by atoms with van der Waals surface area (Å²) in [5.74, 6) is 0.686. The lowest BCUT2D eigenvalue weighted by atomic mass is 10.1. The van der Waals surface area contributed by atoms with Gasteiger partial charge in [0.05, 0.1) is 5.75 Å². The first-order valence-electron chi connectivity index (χ1n) is 5.51. The predicted molar refractivity (Wildman–Crippen MR) is 72.9 cm³/mol. The molecule has 0 aliphatic rings. The Balaban J connectivity index is 4.14. The number of rotatable bonds is 9. The fraction of sp³-hybridized carbons (Fsp3) is 0.900. The first-order chi connectivity index (χ1) is 7.71. The van der Waals surface area contributed by atoms with E-state index in [4.69, 9.17) is 5.73 Å². The molecule has 0 aromatic carbocycles. The monoisotopic (exact) mass is 282 g/mol. The molecule has 0 bridgehead atoms. The zero-order valence-corrected chi connectivity index (χ0v) is 12.3. The zero-order chi connectivity index (χ0) is 13.5. The van der Waals surface area contributed by atoms with Gasteiger partial charge >= 0.3 is 0 Å². The maximum atomic E-state index is 11.3. The number of nitrogens with two attached hydrogens (primary N) is 1. The lowest BCUT2D eigenvalue weighted by molar-refractivity contribution is -0.122. The molecule has 17 heavy (non-hydrogen) atoms. The standard InChI is InChI=1S/C10H22N2O3S2/c1-4-5-12-10(2,9(11)13)8-16-6-7-17(3,14)15/h12H,4-8H2,1-3H3,(H2,11,13). The second-order valence-corrected chi connectivity index (χ2v) is 7.67. The number of amides is 1. The van der Waals surface area contributed by atoms with Crippen molar-refractivity contribution >= 4 is 27.5 Å². The van der Waals surface area contributed by atoms with Gasteiger partial charge in [-0.05, 0) is 19.9 Å². The van der Waals surface area contributed by atoms with Crippen LogP contribution in [0.5, 0.6) is 0 Å². The zero-order valence-electron chi connectivity index (χ0n) is 10.7. The second kappa shape index (κ2) is 7.23. The summed E-state index contributed by atoms with van der Waals surface area (Å²) < 4.78 is 21.9. The van der Waals surface area contributed by atoms with Crippen LogP contribution < -0.4 is 11.1 Å². The molecule has 0 saturated carbocycles. The van der Waals surface area contributed by atoms with E-state index in [-0.39, 0.29) is 5.75 Å². The molecule has 0 aromatic heterocycles. The van der Waals surface area contributed by atoms with E-state index >= 15 is 0 Å². The summed E-state index contributed by atoms with van der Waals surface area (Å²) in [5, 5.41) is 3.10. The summed E-state index contributed by atoms with van der Waals surface area (Å²) in [6.45, 7) is 4.47. The molecule has 0 heterocycles. The number of hydrogen-bond donors (Lipinski definition) is 2. The van der Waals surface area contributed by atoms with Crippen molar-refractivity contribution in [2.75, 3.05) is 30.1 Å². The molecule has 3 N–H and O–H groups in total. The number of primary amides is 1. The van der Waals surface area contributed by atoms with Gasteiger partial charge in [0.2, 0.25) is 5.91 Å². The molecular weight excluding hydrogens is 260 g/mol. The average Bonchev–Trinajstić information content (AvgIpc) is 2.20. The third kappa shape index (κ3) is 7.62. The lowest BCUT2D eigenvalue weighted by Gasteiger charge is -2.27. The predicted octanol–water partition coefficient (Wildman–Crippen LogP) is 0.00780. The molecular formula is C10H22N2O3S2. The maximum Gasteiger partial charge on any atom is 0.238 e. The Morgan fingerprint density at radius 1 is 1.47 bits per heavy atom. The van der Waals surface area contributed by atoms with Crippen molar-refractivity contribution in [2.45, 2.75) is 25.8 Å². The Hall–Kier alpha value is -0.270. The fourth-order valence-corrected chi connectivity index (χ4v) is 3.58. The quantitative estimate of drug-likeness (QED) is 0.581. The van der Waals surface area contributed by atoms with Gasteiger partial charge in [-0.2, -0.15) is 11.8 Å². The molecule has 0 rings (SSSR count). The smallest absolute Gasteiger partial charge is 0.238 e. The largest absolute Gasteiger partial charge is 0.368 e. The molecule has 0 fully saturated rings. The van der Waals surface area contributed by atoms with Gasteiger partial charge in [-0.25, -0.2) is 8.42 Å². The number of nitrogens with one attached hydrogen (secondary N) is 1. The van der Waals surface area contributed by atoms with Gasteiger partial charge in [-0.15, -0.1) is 0 Å². The molecule has 0 radical (unpaired) electrons. The van der Waals surface area contributed by atoms with Crippen LogP contribution in [0.1, 0.15) is 20.3 Å². The molecule has 1 amide bonds. The Morgan fingerprint density at radius 3 is 2.47 bits per heavy atom. The van der Waals surface area contributed by atoms with Crippen LogP contribution in [0.4, 0.5) is 0 Å².